The molecular weight excluding hydrogens is 324 g/mol. The zero-order valence-electron chi connectivity index (χ0n) is 14.5. The van der Waals surface area contributed by atoms with Gasteiger partial charge in [-0.2, -0.15) is 0 Å². The van der Waals surface area contributed by atoms with Crippen LogP contribution in [0.3, 0.4) is 0 Å². The summed E-state index contributed by atoms with van der Waals surface area (Å²) in [5, 5.41) is 12.3. The third kappa shape index (κ3) is 2.95. The zero-order valence-corrected chi connectivity index (χ0v) is 14.5. The molecular formula is C17H22N4O4. The van der Waals surface area contributed by atoms with Crippen molar-refractivity contribution in [2.45, 2.75) is 51.5 Å². The molecule has 0 aromatic carbocycles. The molecule has 1 amide bonds. The van der Waals surface area contributed by atoms with Gasteiger partial charge >= 0.3 is 0 Å². The van der Waals surface area contributed by atoms with Gasteiger partial charge in [0.2, 0.25) is 11.8 Å². The molecule has 2 aromatic heterocycles. The molecule has 0 N–H and O–H groups in total. The predicted octanol–water partition coefficient (Wildman–Crippen LogP) is 2.27. The number of carbonyl (C=O) groups excluding carboxylic acids is 1. The Labute approximate surface area is 145 Å². The second-order valence-electron chi connectivity index (χ2n) is 6.86. The van der Waals surface area contributed by atoms with Gasteiger partial charge in [-0.25, -0.2) is 0 Å². The summed E-state index contributed by atoms with van der Waals surface area (Å²) in [7, 11) is 0. The summed E-state index contributed by atoms with van der Waals surface area (Å²) in [6.45, 7) is 5.25. The fourth-order valence-electron chi connectivity index (χ4n) is 3.35. The lowest BCUT2D eigenvalue weighted by molar-refractivity contribution is -0.0113. The molecule has 8 heteroatoms. The number of hydrogen-bond acceptors (Lipinski definition) is 7. The molecule has 3 heterocycles. The van der Waals surface area contributed by atoms with Crippen LogP contribution in [0.2, 0.25) is 0 Å². The fourth-order valence-corrected chi connectivity index (χ4v) is 3.35. The maximum absolute atomic E-state index is 13.1. The first-order valence-electron chi connectivity index (χ1n) is 8.84. The van der Waals surface area contributed by atoms with Crippen LogP contribution in [0.4, 0.5) is 0 Å². The van der Waals surface area contributed by atoms with E-state index in [4.69, 9.17) is 13.7 Å². The van der Waals surface area contributed by atoms with Gasteiger partial charge in [0.05, 0.1) is 13.2 Å². The smallest absolute Gasteiger partial charge is 0.277 e. The van der Waals surface area contributed by atoms with Gasteiger partial charge in [0.25, 0.3) is 5.91 Å². The van der Waals surface area contributed by atoms with E-state index in [-0.39, 0.29) is 11.8 Å². The molecule has 1 aliphatic carbocycles. The lowest BCUT2D eigenvalue weighted by Gasteiger charge is -2.33. The van der Waals surface area contributed by atoms with Gasteiger partial charge in [0.15, 0.2) is 5.69 Å². The van der Waals surface area contributed by atoms with E-state index in [0.717, 1.165) is 37.0 Å². The number of morpholine rings is 1. The Morgan fingerprint density at radius 2 is 2.08 bits per heavy atom. The van der Waals surface area contributed by atoms with Crippen molar-refractivity contribution >= 4 is 5.91 Å². The minimum absolute atomic E-state index is 0.137. The van der Waals surface area contributed by atoms with Gasteiger partial charge in [-0.3, -0.25) is 4.79 Å². The van der Waals surface area contributed by atoms with Crippen LogP contribution >= 0.6 is 0 Å². The molecule has 1 unspecified atom stereocenters. The summed E-state index contributed by atoms with van der Waals surface area (Å²) < 4.78 is 16.7. The first-order chi connectivity index (χ1) is 12.1. The quantitative estimate of drug-likeness (QED) is 0.841. The summed E-state index contributed by atoms with van der Waals surface area (Å²) in [6, 6.07) is -0.391. The molecule has 2 aliphatic rings. The minimum Gasteiger partial charge on any atom is -0.423 e. The Bertz CT molecular complexity index is 767. The van der Waals surface area contributed by atoms with Crippen LogP contribution in [0, 0.1) is 0 Å². The van der Waals surface area contributed by atoms with Gasteiger partial charge in [-0.15, -0.1) is 10.2 Å². The number of hydrogen-bond donors (Lipinski definition) is 0. The van der Waals surface area contributed by atoms with Crippen LogP contribution in [0.1, 0.15) is 72.2 Å². The summed E-state index contributed by atoms with van der Waals surface area (Å²) in [6.07, 6.45) is 3.83. The second-order valence-corrected chi connectivity index (χ2v) is 6.86. The molecule has 4 rings (SSSR count). The normalized spacial score (nSPS) is 20.8. The maximum atomic E-state index is 13.1. The largest absolute Gasteiger partial charge is 0.423 e. The summed E-state index contributed by atoms with van der Waals surface area (Å²) in [5.41, 5.74) is 1.38. The molecule has 2 aromatic rings. The average molecular weight is 346 g/mol. The highest BCUT2D eigenvalue weighted by molar-refractivity contribution is 5.94. The molecule has 0 radical (unpaired) electrons. The van der Waals surface area contributed by atoms with Crippen LogP contribution in [0.15, 0.2) is 8.94 Å². The maximum Gasteiger partial charge on any atom is 0.277 e. The number of nitrogens with zero attached hydrogens (tertiary/aromatic N) is 4. The van der Waals surface area contributed by atoms with E-state index in [9.17, 15) is 4.79 Å². The standard InChI is InChI=1S/C17H22N4O4/c1-10(2)15-18-19-16(24-15)12-9-23-8-7-21(12)17(22)14-11-5-3-4-6-13(11)25-20-14/h10,12H,3-9H2,1-2H3. The Hall–Kier alpha value is -2.22. The van der Waals surface area contributed by atoms with Gasteiger partial charge in [-0.05, 0) is 19.3 Å². The summed E-state index contributed by atoms with van der Waals surface area (Å²) in [5.74, 6) is 1.81. The summed E-state index contributed by atoms with van der Waals surface area (Å²) >= 11 is 0. The van der Waals surface area contributed by atoms with E-state index < -0.39 is 6.04 Å². The Morgan fingerprint density at radius 3 is 2.88 bits per heavy atom. The lowest BCUT2D eigenvalue weighted by atomic mass is 9.96. The van der Waals surface area contributed by atoms with Crippen molar-refractivity contribution in [3.05, 3.63) is 28.8 Å². The third-order valence-corrected chi connectivity index (χ3v) is 4.78. The number of fused-ring (bicyclic) bond motifs is 1. The van der Waals surface area contributed by atoms with E-state index >= 15 is 0 Å². The van der Waals surface area contributed by atoms with Crippen LogP contribution in [0.25, 0.3) is 0 Å². The molecule has 1 atom stereocenters. The van der Waals surface area contributed by atoms with Crippen LogP contribution in [-0.4, -0.2) is 45.9 Å². The van der Waals surface area contributed by atoms with Crippen molar-refractivity contribution in [1.82, 2.24) is 20.3 Å². The molecule has 1 saturated heterocycles. The second kappa shape index (κ2) is 6.59. The molecule has 134 valence electrons. The lowest BCUT2D eigenvalue weighted by Crippen LogP contribution is -2.44. The SMILES string of the molecule is CC(C)c1nnc(C2COCCN2C(=O)c2noc3c2CCCC3)o1. The summed E-state index contributed by atoms with van der Waals surface area (Å²) in [4.78, 5) is 14.8. The molecule has 25 heavy (non-hydrogen) atoms. The van der Waals surface area contributed by atoms with Crippen molar-refractivity contribution in [3.63, 3.8) is 0 Å². The van der Waals surface area contributed by atoms with Crippen molar-refractivity contribution < 1.29 is 18.5 Å². The van der Waals surface area contributed by atoms with E-state index in [1.165, 1.54) is 0 Å². The highest BCUT2D eigenvalue weighted by Crippen LogP contribution is 2.30. The predicted molar refractivity (Wildman–Crippen MR) is 86.1 cm³/mol. The Morgan fingerprint density at radius 1 is 1.24 bits per heavy atom. The topological polar surface area (TPSA) is 94.5 Å². The van der Waals surface area contributed by atoms with Crippen LogP contribution in [-0.2, 0) is 17.6 Å². The van der Waals surface area contributed by atoms with Gasteiger partial charge < -0.3 is 18.6 Å². The fraction of sp³-hybridized carbons (Fsp3) is 0.647. The van der Waals surface area contributed by atoms with Gasteiger partial charge in [-0.1, -0.05) is 19.0 Å². The molecule has 1 aliphatic heterocycles. The van der Waals surface area contributed by atoms with Crippen molar-refractivity contribution in [2.24, 2.45) is 0 Å². The van der Waals surface area contributed by atoms with E-state index in [1.807, 2.05) is 13.8 Å². The van der Waals surface area contributed by atoms with E-state index in [1.54, 1.807) is 4.90 Å². The Balaban J connectivity index is 1.62. The minimum atomic E-state index is -0.391. The highest BCUT2D eigenvalue weighted by Gasteiger charge is 2.36. The van der Waals surface area contributed by atoms with Crippen molar-refractivity contribution in [2.75, 3.05) is 19.8 Å². The molecule has 1 fully saturated rings. The number of amides is 1. The van der Waals surface area contributed by atoms with E-state index in [2.05, 4.69) is 15.4 Å². The number of ether oxygens (including phenoxy) is 1. The van der Waals surface area contributed by atoms with Crippen molar-refractivity contribution in [1.29, 1.82) is 0 Å². The third-order valence-electron chi connectivity index (χ3n) is 4.78. The monoisotopic (exact) mass is 346 g/mol. The number of aryl methyl sites for hydroxylation is 1. The molecule has 0 saturated carbocycles. The Kier molecular flexibility index (Phi) is 4.29. The first-order valence-corrected chi connectivity index (χ1v) is 8.84. The zero-order chi connectivity index (χ0) is 17.4. The number of carbonyl (C=O) groups is 1. The van der Waals surface area contributed by atoms with Crippen LogP contribution in [0.5, 0.6) is 0 Å². The first kappa shape index (κ1) is 16.3. The number of aromatic nitrogens is 3. The van der Waals surface area contributed by atoms with Crippen LogP contribution < -0.4 is 0 Å². The molecule has 0 bridgehead atoms. The molecule has 0 spiro atoms. The molecule has 8 nitrogen and oxygen atoms in total. The number of rotatable bonds is 3. The van der Waals surface area contributed by atoms with Crippen molar-refractivity contribution in [3.8, 4) is 0 Å². The van der Waals surface area contributed by atoms with E-state index in [0.29, 0.717) is 37.2 Å². The van der Waals surface area contributed by atoms with Gasteiger partial charge in [0, 0.05) is 24.4 Å². The average Bonchev–Trinajstić information content (AvgIpc) is 3.28. The highest BCUT2D eigenvalue weighted by atomic mass is 16.5. The van der Waals surface area contributed by atoms with Gasteiger partial charge in [0.1, 0.15) is 11.8 Å².